The molecule has 1 aromatic heterocycles. The highest BCUT2D eigenvalue weighted by molar-refractivity contribution is 5.93. The summed E-state index contributed by atoms with van der Waals surface area (Å²) in [4.78, 5) is 6.79. The SMILES string of the molecule is COC1CCCN(c2ccnc3cc(N)ccc23)C1. The number of hydrogen-bond acceptors (Lipinski definition) is 4. The second kappa shape index (κ2) is 5.05. The first-order valence-electron chi connectivity index (χ1n) is 6.70. The number of piperidine rings is 1. The van der Waals surface area contributed by atoms with E-state index >= 15 is 0 Å². The molecule has 3 rings (SSSR count). The third kappa shape index (κ3) is 2.36. The van der Waals surface area contributed by atoms with E-state index in [0.717, 1.165) is 42.5 Å². The maximum atomic E-state index is 5.82. The second-order valence-corrected chi connectivity index (χ2v) is 5.05. The minimum absolute atomic E-state index is 0.325. The molecule has 4 nitrogen and oxygen atoms in total. The summed E-state index contributed by atoms with van der Waals surface area (Å²) in [6, 6.07) is 8.00. The van der Waals surface area contributed by atoms with E-state index in [9.17, 15) is 0 Å². The third-order valence-electron chi connectivity index (χ3n) is 3.80. The molecule has 1 aromatic carbocycles. The van der Waals surface area contributed by atoms with Gasteiger partial charge in [0.1, 0.15) is 0 Å². The molecule has 19 heavy (non-hydrogen) atoms. The summed E-state index contributed by atoms with van der Waals surface area (Å²) in [6.45, 7) is 2.02. The predicted octanol–water partition coefficient (Wildman–Crippen LogP) is 2.43. The number of hydrogen-bond donors (Lipinski definition) is 1. The van der Waals surface area contributed by atoms with Gasteiger partial charge in [0.2, 0.25) is 0 Å². The molecule has 0 aliphatic carbocycles. The molecule has 1 unspecified atom stereocenters. The van der Waals surface area contributed by atoms with E-state index in [1.807, 2.05) is 18.3 Å². The standard InChI is InChI=1S/C15H19N3O/c1-19-12-3-2-8-18(10-12)15-6-7-17-14-9-11(16)4-5-13(14)15/h4-7,9,12H,2-3,8,10,16H2,1H3. The molecule has 100 valence electrons. The molecule has 2 N–H and O–H groups in total. The van der Waals surface area contributed by atoms with E-state index < -0.39 is 0 Å². The zero-order valence-corrected chi connectivity index (χ0v) is 11.2. The van der Waals surface area contributed by atoms with Crippen LogP contribution in [0.3, 0.4) is 0 Å². The average Bonchev–Trinajstić information content (AvgIpc) is 2.46. The van der Waals surface area contributed by atoms with E-state index in [2.05, 4.69) is 22.0 Å². The van der Waals surface area contributed by atoms with Crippen LogP contribution in [0.4, 0.5) is 11.4 Å². The summed E-state index contributed by atoms with van der Waals surface area (Å²) in [6.07, 6.45) is 4.49. The van der Waals surface area contributed by atoms with Crippen LogP contribution in [0.2, 0.25) is 0 Å². The Morgan fingerprint density at radius 3 is 3.11 bits per heavy atom. The molecule has 1 aliphatic rings. The highest BCUT2D eigenvalue weighted by atomic mass is 16.5. The van der Waals surface area contributed by atoms with Crippen LogP contribution in [0, 0.1) is 0 Å². The average molecular weight is 257 g/mol. The molecule has 0 spiro atoms. The Kier molecular flexibility index (Phi) is 3.25. The van der Waals surface area contributed by atoms with Gasteiger partial charge in [-0.15, -0.1) is 0 Å². The lowest BCUT2D eigenvalue weighted by molar-refractivity contribution is 0.0894. The van der Waals surface area contributed by atoms with Crippen LogP contribution in [-0.4, -0.2) is 31.3 Å². The first kappa shape index (κ1) is 12.2. The van der Waals surface area contributed by atoms with Crippen LogP contribution in [0.1, 0.15) is 12.8 Å². The monoisotopic (exact) mass is 257 g/mol. The number of ether oxygens (including phenoxy) is 1. The van der Waals surface area contributed by atoms with Gasteiger partial charge in [-0.1, -0.05) is 0 Å². The van der Waals surface area contributed by atoms with E-state index in [0.29, 0.717) is 6.10 Å². The van der Waals surface area contributed by atoms with Gasteiger partial charge in [0, 0.05) is 43.2 Å². The molecule has 1 aliphatic heterocycles. The fourth-order valence-corrected chi connectivity index (χ4v) is 2.78. The fourth-order valence-electron chi connectivity index (χ4n) is 2.78. The number of pyridine rings is 1. The van der Waals surface area contributed by atoms with Crippen LogP contribution >= 0.6 is 0 Å². The number of rotatable bonds is 2. The summed E-state index contributed by atoms with van der Waals surface area (Å²) in [5, 5.41) is 1.16. The highest BCUT2D eigenvalue weighted by Crippen LogP contribution is 2.29. The number of aromatic nitrogens is 1. The van der Waals surface area contributed by atoms with Crippen LogP contribution in [-0.2, 0) is 4.74 Å². The number of nitrogens with two attached hydrogens (primary N) is 1. The van der Waals surface area contributed by atoms with Crippen LogP contribution in [0.15, 0.2) is 30.5 Å². The minimum atomic E-state index is 0.325. The lowest BCUT2D eigenvalue weighted by atomic mass is 10.1. The lowest BCUT2D eigenvalue weighted by Gasteiger charge is -2.34. The number of nitrogens with zero attached hydrogens (tertiary/aromatic N) is 2. The van der Waals surface area contributed by atoms with Crippen molar-refractivity contribution in [2.24, 2.45) is 0 Å². The fraction of sp³-hybridized carbons (Fsp3) is 0.400. The quantitative estimate of drug-likeness (QED) is 0.839. The van der Waals surface area contributed by atoms with Crippen molar-refractivity contribution in [3.05, 3.63) is 30.5 Å². The molecule has 4 heteroatoms. The Labute approximate surface area is 113 Å². The number of anilines is 2. The molecule has 1 atom stereocenters. The Balaban J connectivity index is 2.00. The first-order chi connectivity index (χ1) is 9.28. The Morgan fingerprint density at radius 2 is 2.26 bits per heavy atom. The zero-order valence-electron chi connectivity index (χ0n) is 11.2. The number of fused-ring (bicyclic) bond motifs is 1. The topological polar surface area (TPSA) is 51.4 Å². The largest absolute Gasteiger partial charge is 0.399 e. The van der Waals surface area contributed by atoms with Crippen molar-refractivity contribution in [3.63, 3.8) is 0 Å². The van der Waals surface area contributed by atoms with Crippen LogP contribution in [0.25, 0.3) is 10.9 Å². The van der Waals surface area contributed by atoms with Gasteiger partial charge in [0.05, 0.1) is 11.6 Å². The normalized spacial score (nSPS) is 19.8. The van der Waals surface area contributed by atoms with E-state index in [-0.39, 0.29) is 0 Å². The molecule has 2 aromatic rings. The van der Waals surface area contributed by atoms with E-state index in [1.165, 1.54) is 5.69 Å². The van der Waals surface area contributed by atoms with Gasteiger partial charge in [-0.05, 0) is 37.1 Å². The maximum absolute atomic E-state index is 5.82. The van der Waals surface area contributed by atoms with Crippen molar-refractivity contribution >= 4 is 22.3 Å². The van der Waals surface area contributed by atoms with Crippen molar-refractivity contribution in [1.29, 1.82) is 0 Å². The molecule has 1 saturated heterocycles. The summed E-state index contributed by atoms with van der Waals surface area (Å²) in [5.74, 6) is 0. The van der Waals surface area contributed by atoms with Gasteiger partial charge in [0.15, 0.2) is 0 Å². The molecule has 0 saturated carbocycles. The van der Waals surface area contributed by atoms with Gasteiger partial charge < -0.3 is 15.4 Å². The maximum Gasteiger partial charge on any atom is 0.0746 e. The summed E-state index contributed by atoms with van der Waals surface area (Å²) >= 11 is 0. The molecular formula is C15H19N3O. The van der Waals surface area contributed by atoms with Gasteiger partial charge in [-0.2, -0.15) is 0 Å². The highest BCUT2D eigenvalue weighted by Gasteiger charge is 2.20. The van der Waals surface area contributed by atoms with Crippen LogP contribution in [0.5, 0.6) is 0 Å². The minimum Gasteiger partial charge on any atom is -0.399 e. The molecule has 1 fully saturated rings. The van der Waals surface area contributed by atoms with Gasteiger partial charge in [-0.25, -0.2) is 0 Å². The van der Waals surface area contributed by atoms with Crippen molar-refractivity contribution in [1.82, 2.24) is 4.98 Å². The van der Waals surface area contributed by atoms with Crippen molar-refractivity contribution in [3.8, 4) is 0 Å². The van der Waals surface area contributed by atoms with E-state index in [4.69, 9.17) is 10.5 Å². The Hall–Kier alpha value is -1.81. The third-order valence-corrected chi connectivity index (χ3v) is 3.80. The summed E-state index contributed by atoms with van der Waals surface area (Å²) in [7, 11) is 1.79. The first-order valence-corrected chi connectivity index (χ1v) is 6.70. The van der Waals surface area contributed by atoms with Crippen molar-refractivity contribution in [2.75, 3.05) is 30.8 Å². The van der Waals surface area contributed by atoms with Crippen molar-refractivity contribution < 1.29 is 4.74 Å². The molecular weight excluding hydrogens is 238 g/mol. The van der Waals surface area contributed by atoms with Gasteiger partial charge in [-0.3, -0.25) is 4.98 Å². The summed E-state index contributed by atoms with van der Waals surface area (Å²) in [5.41, 5.74) is 8.76. The Morgan fingerprint density at radius 1 is 1.37 bits per heavy atom. The second-order valence-electron chi connectivity index (χ2n) is 5.05. The predicted molar refractivity (Wildman–Crippen MR) is 78.4 cm³/mol. The van der Waals surface area contributed by atoms with Gasteiger partial charge >= 0.3 is 0 Å². The smallest absolute Gasteiger partial charge is 0.0746 e. The lowest BCUT2D eigenvalue weighted by Crippen LogP contribution is -2.39. The molecule has 0 bridgehead atoms. The number of methoxy groups -OCH3 is 1. The van der Waals surface area contributed by atoms with Crippen LogP contribution < -0.4 is 10.6 Å². The van der Waals surface area contributed by atoms with Gasteiger partial charge in [0.25, 0.3) is 0 Å². The summed E-state index contributed by atoms with van der Waals surface area (Å²) < 4.78 is 5.50. The number of nitrogen functional groups attached to an aromatic ring is 1. The molecule has 0 radical (unpaired) electrons. The zero-order chi connectivity index (χ0) is 13.2. The molecule has 2 heterocycles. The Bertz CT molecular complexity index is 585. The number of benzene rings is 1. The van der Waals surface area contributed by atoms with Crippen molar-refractivity contribution in [2.45, 2.75) is 18.9 Å². The van der Waals surface area contributed by atoms with E-state index in [1.54, 1.807) is 7.11 Å². The molecule has 0 amide bonds.